The molecular weight excluding hydrogens is 262 g/mol. The Bertz CT molecular complexity index is 788. The van der Waals surface area contributed by atoms with Crippen molar-refractivity contribution in [3.63, 3.8) is 0 Å². The molecule has 21 heavy (non-hydrogen) atoms. The largest absolute Gasteiger partial charge is 0.310 e. The van der Waals surface area contributed by atoms with Crippen LogP contribution in [-0.2, 0) is 6.54 Å². The second-order valence-electron chi connectivity index (χ2n) is 5.54. The standard InChI is InChI=1S/C16H17N5/c1-11-12(8-17-13-6-7-13)9-18-16(20-11)21-10-19-14-4-2-3-5-15(14)21/h2-5,9-10,13,17H,6-8H2,1H3. The molecule has 0 radical (unpaired) electrons. The van der Waals surface area contributed by atoms with Gasteiger partial charge in [-0.1, -0.05) is 12.1 Å². The summed E-state index contributed by atoms with van der Waals surface area (Å²) in [4.78, 5) is 13.5. The molecule has 2 aromatic heterocycles. The van der Waals surface area contributed by atoms with Crippen molar-refractivity contribution in [2.24, 2.45) is 0 Å². The molecule has 5 heteroatoms. The maximum Gasteiger partial charge on any atom is 0.235 e. The summed E-state index contributed by atoms with van der Waals surface area (Å²) in [5.41, 5.74) is 4.17. The number of hydrogen-bond donors (Lipinski definition) is 1. The van der Waals surface area contributed by atoms with E-state index in [4.69, 9.17) is 0 Å². The molecule has 0 aliphatic heterocycles. The summed E-state index contributed by atoms with van der Waals surface area (Å²) in [5, 5.41) is 3.50. The Morgan fingerprint density at radius 2 is 2.10 bits per heavy atom. The average molecular weight is 279 g/mol. The van der Waals surface area contributed by atoms with Crippen molar-refractivity contribution in [2.75, 3.05) is 0 Å². The van der Waals surface area contributed by atoms with E-state index in [1.165, 1.54) is 12.8 Å². The monoisotopic (exact) mass is 279 g/mol. The van der Waals surface area contributed by atoms with Crippen LogP contribution in [0, 0.1) is 6.92 Å². The van der Waals surface area contributed by atoms with Crippen molar-refractivity contribution in [1.82, 2.24) is 24.8 Å². The molecule has 1 saturated carbocycles. The minimum atomic E-state index is 0.677. The minimum Gasteiger partial charge on any atom is -0.310 e. The Morgan fingerprint density at radius 1 is 1.24 bits per heavy atom. The predicted octanol–water partition coefficient (Wildman–Crippen LogP) is 2.38. The first-order valence-corrected chi connectivity index (χ1v) is 7.29. The number of nitrogens with one attached hydrogen (secondary N) is 1. The van der Waals surface area contributed by atoms with Gasteiger partial charge in [-0.15, -0.1) is 0 Å². The van der Waals surface area contributed by atoms with E-state index in [0.29, 0.717) is 12.0 Å². The highest BCUT2D eigenvalue weighted by atomic mass is 15.2. The van der Waals surface area contributed by atoms with Crippen molar-refractivity contribution in [3.05, 3.63) is 48.0 Å². The fraction of sp³-hybridized carbons (Fsp3) is 0.312. The Labute approximate surface area is 123 Å². The molecule has 1 fully saturated rings. The van der Waals surface area contributed by atoms with Gasteiger partial charge in [-0.05, 0) is 31.9 Å². The molecule has 1 N–H and O–H groups in total. The van der Waals surface area contributed by atoms with Crippen LogP contribution in [0.1, 0.15) is 24.1 Å². The fourth-order valence-corrected chi connectivity index (χ4v) is 2.43. The van der Waals surface area contributed by atoms with Crippen molar-refractivity contribution in [1.29, 1.82) is 0 Å². The Kier molecular flexibility index (Phi) is 2.93. The SMILES string of the molecule is Cc1nc(-n2cnc3ccccc32)ncc1CNC1CC1. The van der Waals surface area contributed by atoms with Crippen LogP contribution in [0.15, 0.2) is 36.8 Å². The summed E-state index contributed by atoms with van der Waals surface area (Å²) < 4.78 is 1.93. The minimum absolute atomic E-state index is 0.677. The highest BCUT2D eigenvalue weighted by Crippen LogP contribution is 2.20. The quantitative estimate of drug-likeness (QED) is 0.796. The van der Waals surface area contributed by atoms with Crippen LogP contribution in [0.5, 0.6) is 0 Å². The van der Waals surface area contributed by atoms with Gasteiger partial charge in [-0.2, -0.15) is 0 Å². The summed E-state index contributed by atoms with van der Waals surface area (Å²) in [6, 6.07) is 8.71. The molecule has 5 nitrogen and oxygen atoms in total. The van der Waals surface area contributed by atoms with Crippen LogP contribution in [0.4, 0.5) is 0 Å². The molecule has 0 amide bonds. The number of benzene rings is 1. The second-order valence-corrected chi connectivity index (χ2v) is 5.54. The lowest BCUT2D eigenvalue weighted by Crippen LogP contribution is -2.17. The van der Waals surface area contributed by atoms with Crippen molar-refractivity contribution < 1.29 is 0 Å². The number of aryl methyl sites for hydroxylation is 1. The second kappa shape index (κ2) is 4.93. The fourth-order valence-electron chi connectivity index (χ4n) is 2.43. The molecule has 0 atom stereocenters. The van der Waals surface area contributed by atoms with E-state index in [0.717, 1.165) is 28.8 Å². The van der Waals surface area contributed by atoms with Crippen LogP contribution in [0.3, 0.4) is 0 Å². The summed E-state index contributed by atoms with van der Waals surface area (Å²) in [6.07, 6.45) is 6.28. The van der Waals surface area contributed by atoms with E-state index in [1.54, 1.807) is 6.33 Å². The van der Waals surface area contributed by atoms with E-state index in [9.17, 15) is 0 Å². The first kappa shape index (κ1) is 12.5. The average Bonchev–Trinajstić information content (AvgIpc) is 3.23. The van der Waals surface area contributed by atoms with E-state index in [1.807, 2.05) is 42.0 Å². The summed E-state index contributed by atoms with van der Waals surface area (Å²) in [6.45, 7) is 2.88. The van der Waals surface area contributed by atoms with Crippen LogP contribution in [-0.4, -0.2) is 25.6 Å². The zero-order chi connectivity index (χ0) is 14.2. The first-order chi connectivity index (χ1) is 10.3. The Morgan fingerprint density at radius 3 is 2.90 bits per heavy atom. The predicted molar refractivity (Wildman–Crippen MR) is 81.3 cm³/mol. The highest BCUT2D eigenvalue weighted by Gasteiger charge is 2.20. The van der Waals surface area contributed by atoms with Crippen LogP contribution < -0.4 is 5.32 Å². The van der Waals surface area contributed by atoms with Gasteiger partial charge < -0.3 is 5.32 Å². The third-order valence-corrected chi connectivity index (χ3v) is 3.90. The van der Waals surface area contributed by atoms with Gasteiger partial charge in [0.25, 0.3) is 0 Å². The van der Waals surface area contributed by atoms with E-state index in [-0.39, 0.29) is 0 Å². The summed E-state index contributed by atoms with van der Waals surface area (Å²) in [7, 11) is 0. The van der Waals surface area contributed by atoms with E-state index >= 15 is 0 Å². The number of hydrogen-bond acceptors (Lipinski definition) is 4. The van der Waals surface area contributed by atoms with Gasteiger partial charge in [0.2, 0.25) is 5.95 Å². The molecule has 3 aromatic rings. The molecule has 1 aliphatic carbocycles. The van der Waals surface area contributed by atoms with Crippen LogP contribution in [0.2, 0.25) is 0 Å². The zero-order valence-corrected chi connectivity index (χ0v) is 12.0. The molecular formula is C16H17N5. The normalized spacial score (nSPS) is 14.7. The first-order valence-electron chi connectivity index (χ1n) is 7.29. The van der Waals surface area contributed by atoms with Crippen molar-refractivity contribution in [2.45, 2.75) is 32.4 Å². The lowest BCUT2D eigenvalue weighted by atomic mass is 10.2. The van der Waals surface area contributed by atoms with Crippen LogP contribution in [0.25, 0.3) is 17.0 Å². The molecule has 2 heterocycles. The van der Waals surface area contributed by atoms with Gasteiger partial charge in [0.15, 0.2) is 0 Å². The highest BCUT2D eigenvalue weighted by molar-refractivity contribution is 5.76. The molecule has 1 aliphatic rings. The number of aromatic nitrogens is 4. The third kappa shape index (κ3) is 2.40. The lowest BCUT2D eigenvalue weighted by molar-refractivity contribution is 0.678. The van der Waals surface area contributed by atoms with Crippen LogP contribution >= 0.6 is 0 Å². The molecule has 0 saturated heterocycles. The number of fused-ring (bicyclic) bond motifs is 1. The van der Waals surface area contributed by atoms with Gasteiger partial charge in [0, 0.05) is 30.0 Å². The number of para-hydroxylation sites is 2. The zero-order valence-electron chi connectivity index (χ0n) is 12.0. The summed E-state index contributed by atoms with van der Waals surface area (Å²) >= 11 is 0. The van der Waals surface area contributed by atoms with E-state index < -0.39 is 0 Å². The maximum atomic E-state index is 4.64. The molecule has 0 bridgehead atoms. The van der Waals surface area contributed by atoms with Gasteiger partial charge in [-0.25, -0.2) is 15.0 Å². The Hall–Kier alpha value is -2.27. The van der Waals surface area contributed by atoms with Crippen molar-refractivity contribution in [3.8, 4) is 5.95 Å². The molecule has 0 spiro atoms. The third-order valence-electron chi connectivity index (χ3n) is 3.90. The number of nitrogens with zero attached hydrogens (tertiary/aromatic N) is 4. The summed E-state index contributed by atoms with van der Waals surface area (Å²) in [5.74, 6) is 0.677. The van der Waals surface area contributed by atoms with Gasteiger partial charge in [-0.3, -0.25) is 4.57 Å². The lowest BCUT2D eigenvalue weighted by Gasteiger charge is -2.08. The number of rotatable bonds is 4. The number of imidazole rings is 1. The maximum absolute atomic E-state index is 4.64. The molecule has 4 rings (SSSR count). The van der Waals surface area contributed by atoms with Crippen molar-refractivity contribution >= 4 is 11.0 Å². The van der Waals surface area contributed by atoms with Gasteiger partial charge in [0.05, 0.1) is 11.0 Å². The van der Waals surface area contributed by atoms with Gasteiger partial charge in [0.1, 0.15) is 6.33 Å². The topological polar surface area (TPSA) is 55.6 Å². The van der Waals surface area contributed by atoms with Gasteiger partial charge >= 0.3 is 0 Å². The smallest absolute Gasteiger partial charge is 0.235 e. The molecule has 1 aromatic carbocycles. The van der Waals surface area contributed by atoms with E-state index in [2.05, 4.69) is 20.3 Å². The Balaban J connectivity index is 1.67. The molecule has 106 valence electrons. The molecule has 0 unspecified atom stereocenters.